The van der Waals surface area contributed by atoms with Gasteiger partial charge in [-0.1, -0.05) is 23.7 Å². The van der Waals surface area contributed by atoms with Crippen LogP contribution < -0.4 is 19.7 Å². The predicted octanol–water partition coefficient (Wildman–Crippen LogP) is 5.65. The summed E-state index contributed by atoms with van der Waals surface area (Å²) in [5, 5.41) is 15.0. The Balaban J connectivity index is 1.27. The summed E-state index contributed by atoms with van der Waals surface area (Å²) < 4.78 is 31.6. The Morgan fingerprint density at radius 1 is 1.13 bits per heavy atom. The lowest BCUT2D eigenvalue weighted by Gasteiger charge is -2.35. The van der Waals surface area contributed by atoms with Gasteiger partial charge in [-0.2, -0.15) is 15.2 Å². The number of halogens is 2. The molecule has 3 aromatic heterocycles. The number of nitriles is 1. The van der Waals surface area contributed by atoms with Gasteiger partial charge in [0.15, 0.2) is 11.6 Å². The molecule has 236 valence electrons. The lowest BCUT2D eigenvalue weighted by atomic mass is 9.95. The second kappa shape index (κ2) is 10.5. The van der Waals surface area contributed by atoms with E-state index in [4.69, 9.17) is 31.0 Å². The first kappa shape index (κ1) is 28.1. The molecule has 2 atom stereocenters. The van der Waals surface area contributed by atoms with Crippen LogP contribution in [0, 0.1) is 17.1 Å². The lowest BCUT2D eigenvalue weighted by Crippen LogP contribution is -2.51. The van der Waals surface area contributed by atoms with Crippen molar-refractivity contribution in [3.8, 4) is 29.0 Å². The predicted molar refractivity (Wildman–Crippen MR) is 174 cm³/mol. The van der Waals surface area contributed by atoms with Crippen molar-refractivity contribution in [2.75, 3.05) is 44.8 Å². The fourth-order valence-electron chi connectivity index (χ4n) is 8.75. The topological polar surface area (TPSA) is 107 Å². The van der Waals surface area contributed by atoms with E-state index in [1.807, 2.05) is 22.7 Å². The highest BCUT2D eigenvalue weighted by Crippen LogP contribution is 2.49. The molecule has 7 heterocycles. The third kappa shape index (κ3) is 3.99. The van der Waals surface area contributed by atoms with Gasteiger partial charge in [0.1, 0.15) is 35.2 Å². The summed E-state index contributed by atoms with van der Waals surface area (Å²) in [4.78, 5) is 17.6. The summed E-state index contributed by atoms with van der Waals surface area (Å²) in [6.45, 7) is 4.08. The zero-order chi connectivity index (χ0) is 31.2. The minimum Gasteiger partial charge on any atom is -0.494 e. The molecule has 4 saturated heterocycles. The fourth-order valence-corrected chi connectivity index (χ4v) is 9.11. The number of anilines is 1. The molecule has 2 unspecified atom stereocenters. The van der Waals surface area contributed by atoms with Gasteiger partial charge in [-0.05, 0) is 63.2 Å². The summed E-state index contributed by atoms with van der Waals surface area (Å²) in [5.41, 5.74) is 2.50. The van der Waals surface area contributed by atoms with Crippen molar-refractivity contribution in [1.29, 1.82) is 5.26 Å². The molecule has 2 aromatic carbocycles. The molecule has 2 N–H and O–H groups in total. The van der Waals surface area contributed by atoms with Gasteiger partial charge in [0, 0.05) is 48.5 Å². The van der Waals surface area contributed by atoms with Crippen molar-refractivity contribution in [3.63, 3.8) is 0 Å². The minimum atomic E-state index is -0.597. The van der Waals surface area contributed by atoms with Crippen LogP contribution in [0.4, 0.5) is 10.2 Å². The number of methoxy groups -OCH3 is 1. The molecule has 4 fully saturated rings. The van der Waals surface area contributed by atoms with E-state index in [0.717, 1.165) is 70.2 Å². The van der Waals surface area contributed by atoms with E-state index in [2.05, 4.69) is 26.2 Å². The van der Waals surface area contributed by atoms with Gasteiger partial charge < -0.3 is 29.1 Å². The number of fused-ring (bicyclic) bond motifs is 7. The van der Waals surface area contributed by atoms with Crippen LogP contribution >= 0.6 is 11.6 Å². The number of aromatic nitrogens is 4. The normalized spacial score (nSPS) is 22.3. The second-order valence-corrected chi connectivity index (χ2v) is 13.6. The van der Waals surface area contributed by atoms with E-state index in [1.54, 1.807) is 12.3 Å². The van der Waals surface area contributed by atoms with Gasteiger partial charge in [-0.15, -0.1) is 0 Å². The summed E-state index contributed by atoms with van der Waals surface area (Å²) in [6.07, 6.45) is 10.2. The lowest BCUT2D eigenvalue weighted by molar-refractivity contribution is 0.108. The Bertz CT molecular complexity index is 2060. The van der Waals surface area contributed by atoms with Crippen LogP contribution in [0.3, 0.4) is 0 Å². The SMILES string of the molecule is COc1c(Cl)c(-c2cccc3c2c(C#N)c2[nH]ccn23)c(F)c2nc(OCC34CCCN3CCC4)nc(N3CC4CCC(C3)N4)c12. The van der Waals surface area contributed by atoms with Crippen LogP contribution in [0.5, 0.6) is 11.8 Å². The van der Waals surface area contributed by atoms with Crippen molar-refractivity contribution in [2.24, 2.45) is 0 Å². The van der Waals surface area contributed by atoms with Crippen molar-refractivity contribution >= 4 is 44.9 Å². The number of ether oxygens (including phenoxy) is 2. The molecular formula is C34H34ClFN8O2. The number of nitrogens with zero attached hydrogens (tertiary/aromatic N) is 6. The van der Waals surface area contributed by atoms with E-state index in [9.17, 15) is 5.26 Å². The molecule has 0 spiro atoms. The summed E-state index contributed by atoms with van der Waals surface area (Å²) >= 11 is 7.14. The molecule has 4 aliphatic heterocycles. The number of hydrogen-bond donors (Lipinski definition) is 2. The molecule has 2 bridgehead atoms. The van der Waals surface area contributed by atoms with Crippen molar-refractivity contribution in [3.05, 3.63) is 47.0 Å². The zero-order valence-corrected chi connectivity index (χ0v) is 26.3. The molecule has 9 rings (SSSR count). The number of hydrogen-bond acceptors (Lipinski definition) is 8. The Kier molecular flexibility index (Phi) is 6.40. The first-order valence-corrected chi connectivity index (χ1v) is 16.5. The first-order valence-electron chi connectivity index (χ1n) is 16.2. The maximum absolute atomic E-state index is 17.3. The molecule has 46 heavy (non-hydrogen) atoms. The number of H-pyrrole nitrogens is 1. The molecular weight excluding hydrogens is 607 g/mol. The van der Waals surface area contributed by atoms with Crippen LogP contribution in [0.25, 0.3) is 38.6 Å². The van der Waals surface area contributed by atoms with E-state index >= 15 is 4.39 Å². The fraction of sp³-hybridized carbons (Fsp3) is 0.441. The molecule has 0 amide bonds. The summed E-state index contributed by atoms with van der Waals surface area (Å²) in [7, 11) is 1.54. The maximum atomic E-state index is 17.3. The van der Waals surface area contributed by atoms with Crippen LogP contribution in [0.2, 0.25) is 5.02 Å². The van der Waals surface area contributed by atoms with Gasteiger partial charge in [-0.25, -0.2) is 4.39 Å². The summed E-state index contributed by atoms with van der Waals surface area (Å²) in [6, 6.07) is 8.66. The molecule has 0 saturated carbocycles. The molecule has 0 aliphatic carbocycles. The molecule has 5 aromatic rings. The van der Waals surface area contributed by atoms with Crippen LogP contribution in [0.15, 0.2) is 30.6 Å². The van der Waals surface area contributed by atoms with E-state index in [-0.39, 0.29) is 27.7 Å². The number of rotatable bonds is 6. The molecule has 12 heteroatoms. The van der Waals surface area contributed by atoms with Crippen LogP contribution in [0.1, 0.15) is 44.1 Å². The van der Waals surface area contributed by atoms with Crippen molar-refractivity contribution < 1.29 is 13.9 Å². The number of aromatic amines is 1. The molecule has 4 aliphatic rings. The highest BCUT2D eigenvalue weighted by atomic mass is 35.5. The monoisotopic (exact) mass is 640 g/mol. The van der Waals surface area contributed by atoms with Gasteiger partial charge in [0.25, 0.3) is 0 Å². The number of nitrogens with one attached hydrogen (secondary N) is 2. The summed E-state index contributed by atoms with van der Waals surface area (Å²) in [5.74, 6) is 0.278. The van der Waals surface area contributed by atoms with E-state index < -0.39 is 5.82 Å². The van der Waals surface area contributed by atoms with Gasteiger partial charge >= 0.3 is 6.01 Å². The number of benzene rings is 2. The van der Waals surface area contributed by atoms with E-state index in [0.29, 0.717) is 57.8 Å². The van der Waals surface area contributed by atoms with Crippen molar-refractivity contribution in [2.45, 2.75) is 56.1 Å². The van der Waals surface area contributed by atoms with Crippen molar-refractivity contribution in [1.82, 2.24) is 29.6 Å². The Labute approximate surface area is 270 Å². The number of imidazole rings is 1. The largest absolute Gasteiger partial charge is 0.494 e. The van der Waals surface area contributed by atoms with Crippen LogP contribution in [-0.2, 0) is 0 Å². The first-order chi connectivity index (χ1) is 22.5. The highest BCUT2D eigenvalue weighted by Gasteiger charge is 2.45. The average molecular weight is 641 g/mol. The quantitative estimate of drug-likeness (QED) is 0.245. The molecule has 10 nitrogen and oxygen atoms in total. The average Bonchev–Trinajstić information content (AvgIpc) is 3.88. The standard InChI is InChI=1S/C34H34ClFN8O2/c1-45-30-26-29(28(36)25(27(30)35)21-5-2-6-23-24(21)22(15-37)31-38-11-14-44(23)31)40-33(46-18-34-9-3-12-43(34)13-4-10-34)41-32(26)42-16-19-7-8-20(17-42)39-19/h2,5-6,11,14,19-20,38-39H,3-4,7-10,12-13,16-18H2,1H3. The third-order valence-corrected chi connectivity index (χ3v) is 11.2. The highest BCUT2D eigenvalue weighted by molar-refractivity contribution is 6.37. The van der Waals surface area contributed by atoms with Gasteiger partial charge in [0.2, 0.25) is 0 Å². The smallest absolute Gasteiger partial charge is 0.319 e. The zero-order valence-electron chi connectivity index (χ0n) is 25.6. The molecule has 0 radical (unpaired) electrons. The van der Waals surface area contributed by atoms with Gasteiger partial charge in [0.05, 0.1) is 28.6 Å². The van der Waals surface area contributed by atoms with Crippen LogP contribution in [-0.4, -0.2) is 81.8 Å². The Hall–Kier alpha value is -4.11. The van der Waals surface area contributed by atoms with Gasteiger partial charge in [-0.3, -0.25) is 4.90 Å². The Morgan fingerprint density at radius 3 is 2.65 bits per heavy atom. The minimum absolute atomic E-state index is 0.0182. The third-order valence-electron chi connectivity index (χ3n) is 10.8. The van der Waals surface area contributed by atoms with E-state index in [1.165, 1.54) is 7.11 Å². The second-order valence-electron chi connectivity index (χ2n) is 13.2. The maximum Gasteiger partial charge on any atom is 0.319 e. The number of piperazine rings is 1. The Morgan fingerprint density at radius 2 is 1.91 bits per heavy atom.